The van der Waals surface area contributed by atoms with Gasteiger partial charge in [-0.2, -0.15) is 0 Å². The highest BCUT2D eigenvalue weighted by atomic mass is 16.3. The second kappa shape index (κ2) is 16.7. The molecule has 0 amide bonds. The Morgan fingerprint density at radius 1 is 0.296 bits per heavy atom. The van der Waals surface area contributed by atoms with E-state index < -0.39 is 0 Å². The highest BCUT2D eigenvalue weighted by Crippen LogP contribution is 2.48. The molecule has 332 valence electrons. The van der Waals surface area contributed by atoms with Gasteiger partial charge in [0.25, 0.3) is 0 Å². The van der Waals surface area contributed by atoms with Crippen LogP contribution in [0, 0.1) is 0 Å². The molecule has 12 aromatic carbocycles. The van der Waals surface area contributed by atoms with Gasteiger partial charge < -0.3 is 13.9 Å². The molecule has 0 bridgehead atoms. The third-order valence-electron chi connectivity index (χ3n) is 14.4. The number of hydrogen-bond acceptors (Lipinski definition) is 2. The average Bonchev–Trinajstić information content (AvgIpc) is 4.00. The monoisotopic (exact) mass is 904 g/mol. The van der Waals surface area contributed by atoms with E-state index >= 15 is 0 Å². The van der Waals surface area contributed by atoms with Gasteiger partial charge >= 0.3 is 0 Å². The van der Waals surface area contributed by atoms with E-state index in [1.165, 1.54) is 49.1 Å². The van der Waals surface area contributed by atoms with Crippen molar-refractivity contribution in [2.45, 2.75) is 0 Å². The topological polar surface area (TPSA) is 21.3 Å². The first-order valence-electron chi connectivity index (χ1n) is 24.3. The van der Waals surface area contributed by atoms with Crippen molar-refractivity contribution in [2.24, 2.45) is 0 Å². The highest BCUT2D eigenvalue weighted by molar-refractivity contribution is 6.16. The summed E-state index contributed by atoms with van der Waals surface area (Å²) in [6.45, 7) is 0. The number of aromatic nitrogens is 1. The molecule has 0 unspecified atom stereocenters. The quantitative estimate of drug-likeness (QED) is 0.151. The fraction of sp³-hybridized carbons (Fsp3) is 0. The number of nitrogens with zero attached hydrogens (tertiary/aromatic N) is 2. The predicted octanol–water partition coefficient (Wildman–Crippen LogP) is 19.1. The summed E-state index contributed by atoms with van der Waals surface area (Å²) in [6.07, 6.45) is 0. The lowest BCUT2D eigenvalue weighted by molar-refractivity contribution is 0.673. The summed E-state index contributed by atoms with van der Waals surface area (Å²) in [5.74, 6) is 0. The molecule has 2 heterocycles. The molecule has 3 nitrogen and oxygen atoms in total. The number of fused-ring (bicyclic) bond motifs is 9. The lowest BCUT2D eigenvalue weighted by atomic mass is 9.93. The fourth-order valence-electron chi connectivity index (χ4n) is 11.0. The van der Waals surface area contributed by atoms with Gasteiger partial charge in [0.2, 0.25) is 0 Å². The molecule has 71 heavy (non-hydrogen) atoms. The van der Waals surface area contributed by atoms with E-state index in [2.05, 4.69) is 276 Å². The second-order valence-corrected chi connectivity index (χ2v) is 18.4. The Morgan fingerprint density at radius 2 is 0.859 bits per heavy atom. The Hall–Kier alpha value is -9.44. The minimum Gasteiger partial charge on any atom is -0.455 e. The maximum absolute atomic E-state index is 6.77. The van der Waals surface area contributed by atoms with Gasteiger partial charge in [0.15, 0.2) is 0 Å². The molecule has 2 aromatic heterocycles. The van der Waals surface area contributed by atoms with Gasteiger partial charge in [-0.15, -0.1) is 0 Å². The first-order valence-corrected chi connectivity index (χ1v) is 24.3. The van der Waals surface area contributed by atoms with Crippen molar-refractivity contribution in [3.05, 3.63) is 267 Å². The Labute approximate surface area is 411 Å². The smallest absolute Gasteiger partial charge is 0.143 e. The third kappa shape index (κ3) is 6.82. The van der Waals surface area contributed by atoms with Crippen LogP contribution in [0.2, 0.25) is 0 Å². The number of para-hydroxylation sites is 3. The summed E-state index contributed by atoms with van der Waals surface area (Å²) in [7, 11) is 0. The van der Waals surface area contributed by atoms with Gasteiger partial charge in [-0.1, -0.05) is 194 Å². The zero-order valence-electron chi connectivity index (χ0n) is 38.7. The molecule has 0 aliphatic heterocycles. The van der Waals surface area contributed by atoms with Gasteiger partial charge in [-0.3, -0.25) is 0 Å². The van der Waals surface area contributed by atoms with Gasteiger partial charge in [-0.05, 0) is 122 Å². The summed E-state index contributed by atoms with van der Waals surface area (Å²) < 4.78 is 9.16. The van der Waals surface area contributed by atoms with Crippen LogP contribution in [-0.4, -0.2) is 4.57 Å². The van der Waals surface area contributed by atoms with E-state index in [-0.39, 0.29) is 0 Å². The van der Waals surface area contributed by atoms with Crippen molar-refractivity contribution >= 4 is 82.4 Å². The van der Waals surface area contributed by atoms with E-state index in [0.29, 0.717) is 0 Å². The number of hydrogen-bond donors (Lipinski definition) is 0. The van der Waals surface area contributed by atoms with Gasteiger partial charge in [0.1, 0.15) is 11.2 Å². The van der Waals surface area contributed by atoms with E-state index in [0.717, 1.165) is 83.5 Å². The van der Waals surface area contributed by atoms with Crippen LogP contribution in [-0.2, 0) is 0 Å². The Kier molecular flexibility index (Phi) is 9.53. The molecule has 0 atom stereocenters. The molecule has 0 N–H and O–H groups in total. The largest absolute Gasteiger partial charge is 0.455 e. The lowest BCUT2D eigenvalue weighted by Gasteiger charge is -2.30. The molecule has 0 fully saturated rings. The van der Waals surface area contributed by atoms with Crippen molar-refractivity contribution < 1.29 is 4.42 Å². The zero-order valence-corrected chi connectivity index (χ0v) is 38.7. The van der Waals surface area contributed by atoms with Gasteiger partial charge in [0.05, 0.1) is 22.4 Å². The normalized spacial score (nSPS) is 11.7. The van der Waals surface area contributed by atoms with E-state index in [1.807, 2.05) is 0 Å². The molecule has 14 rings (SSSR count). The van der Waals surface area contributed by atoms with Crippen molar-refractivity contribution in [3.63, 3.8) is 0 Å². The van der Waals surface area contributed by atoms with Gasteiger partial charge in [0, 0.05) is 49.4 Å². The van der Waals surface area contributed by atoms with E-state index in [4.69, 9.17) is 4.42 Å². The first-order chi connectivity index (χ1) is 35.2. The molecule has 0 radical (unpaired) electrons. The highest BCUT2D eigenvalue weighted by Gasteiger charge is 2.23. The molecule has 0 aliphatic rings. The fourth-order valence-corrected chi connectivity index (χ4v) is 11.0. The molecule has 3 heteroatoms. The Morgan fingerprint density at radius 3 is 1.66 bits per heavy atom. The standard InChI is InChI=1S/C68H44N2O/c1-2-16-47(17-3-1)62-43-50(55-28-15-20-46-18-4-6-23-54(46)55)36-41-66(62)69(63-29-11-8-24-56(63)51-35-39-60-61-40-34-48-19-5-7-25-57(48)68(61)71-67(60)44-51)52-37-32-45(33-38-52)49-21-14-22-53(42-49)70-64-30-12-9-26-58(64)59-27-10-13-31-65(59)70/h1-44H. The Bertz CT molecular complexity index is 4290. The first kappa shape index (κ1) is 40.6. The number of benzene rings is 12. The predicted molar refractivity (Wildman–Crippen MR) is 299 cm³/mol. The van der Waals surface area contributed by atoms with Crippen LogP contribution in [0.1, 0.15) is 0 Å². The molecular weight excluding hydrogens is 861 g/mol. The minimum atomic E-state index is 0.868. The minimum absolute atomic E-state index is 0.868. The van der Waals surface area contributed by atoms with Crippen LogP contribution in [0.15, 0.2) is 271 Å². The number of anilines is 3. The van der Waals surface area contributed by atoms with E-state index in [9.17, 15) is 0 Å². The second-order valence-electron chi connectivity index (χ2n) is 18.4. The summed E-state index contributed by atoms with van der Waals surface area (Å²) in [5, 5.41) is 9.49. The number of rotatable bonds is 8. The molecule has 14 aromatic rings. The van der Waals surface area contributed by atoms with Crippen molar-refractivity contribution in [1.29, 1.82) is 0 Å². The SMILES string of the molecule is c1ccc(-c2cc(-c3cccc4ccccc34)ccc2N(c2ccc(-c3cccc(-n4c5ccccc5c5ccccc54)c3)cc2)c2ccccc2-c2ccc3c(c2)oc2c4ccccc4ccc32)cc1. The van der Waals surface area contributed by atoms with Crippen LogP contribution in [0.4, 0.5) is 17.1 Å². The van der Waals surface area contributed by atoms with Crippen molar-refractivity contribution in [2.75, 3.05) is 4.90 Å². The summed E-state index contributed by atoms with van der Waals surface area (Å²) >= 11 is 0. The van der Waals surface area contributed by atoms with Crippen molar-refractivity contribution in [3.8, 4) is 50.2 Å². The maximum Gasteiger partial charge on any atom is 0.143 e. The molecule has 0 saturated carbocycles. The Balaban J connectivity index is 0.946. The third-order valence-corrected chi connectivity index (χ3v) is 14.4. The summed E-state index contributed by atoms with van der Waals surface area (Å²) in [5.41, 5.74) is 17.6. The van der Waals surface area contributed by atoms with Crippen LogP contribution >= 0.6 is 0 Å². The number of furan rings is 1. The zero-order chi connectivity index (χ0) is 46.8. The molecule has 0 aliphatic carbocycles. The molecule has 0 spiro atoms. The van der Waals surface area contributed by atoms with Crippen LogP contribution in [0.25, 0.3) is 115 Å². The van der Waals surface area contributed by atoms with Crippen LogP contribution in [0.3, 0.4) is 0 Å². The molecule has 0 saturated heterocycles. The lowest BCUT2D eigenvalue weighted by Crippen LogP contribution is -2.12. The van der Waals surface area contributed by atoms with Gasteiger partial charge in [-0.25, -0.2) is 0 Å². The molecular formula is C68H44N2O. The summed E-state index contributed by atoms with van der Waals surface area (Å²) in [6, 6.07) is 96.8. The van der Waals surface area contributed by atoms with E-state index in [1.54, 1.807) is 0 Å². The van der Waals surface area contributed by atoms with Crippen LogP contribution in [0.5, 0.6) is 0 Å². The van der Waals surface area contributed by atoms with Crippen molar-refractivity contribution in [1.82, 2.24) is 4.57 Å². The summed E-state index contributed by atoms with van der Waals surface area (Å²) in [4.78, 5) is 2.44. The average molecular weight is 905 g/mol. The van der Waals surface area contributed by atoms with Crippen LogP contribution < -0.4 is 4.90 Å². The maximum atomic E-state index is 6.77.